The predicted octanol–water partition coefficient (Wildman–Crippen LogP) is 6.02. The number of piperidine rings is 1. The topological polar surface area (TPSA) is 123 Å². The summed E-state index contributed by atoms with van der Waals surface area (Å²) in [4.78, 5) is 43.1. The van der Waals surface area contributed by atoms with Crippen LogP contribution in [0.15, 0.2) is 42.6 Å². The molecule has 12 nitrogen and oxygen atoms in total. The van der Waals surface area contributed by atoms with E-state index in [-0.39, 0.29) is 17.7 Å². The molecule has 3 amide bonds. The number of hydrogen-bond donors (Lipinski definition) is 2. The van der Waals surface area contributed by atoms with Gasteiger partial charge >= 0.3 is 0 Å². The van der Waals surface area contributed by atoms with Crippen LogP contribution in [-0.4, -0.2) is 94.3 Å². The van der Waals surface area contributed by atoms with E-state index in [9.17, 15) is 14.4 Å². The summed E-state index contributed by atoms with van der Waals surface area (Å²) >= 11 is 1.34. The molecule has 4 aliphatic heterocycles. The van der Waals surface area contributed by atoms with Crippen LogP contribution in [0.4, 0.5) is 0 Å². The highest BCUT2D eigenvalue weighted by Gasteiger charge is 2.46. The van der Waals surface area contributed by atoms with Crippen molar-refractivity contribution in [2.45, 2.75) is 63.8 Å². The standard InChI is InChI=1S/C42H49N7O5S/c1-46-37(34(24-44-46)40(51)47-16-6-13-42(26-47)14-15-43-41(42)52)30-21-29-22-31(53-2)10-12-32(29)38-36(27-7-4-3-5-8-27)33-11-9-28(23-35(33)49(38)25-30)39(50)45-55-48-17-19-54-20-18-48/h9-12,21-24,27H,3-8,13-20,25-26H2,1-2H3,(H,43,52)(H,45,50). The Kier molecular flexibility index (Phi) is 9.72. The molecule has 1 aliphatic carbocycles. The Hall–Kier alpha value is -4.59. The molecule has 0 radical (unpaired) electrons. The zero-order valence-corrected chi connectivity index (χ0v) is 32.5. The summed E-state index contributed by atoms with van der Waals surface area (Å²) in [5.41, 5.74) is 7.88. The van der Waals surface area contributed by atoms with E-state index in [1.165, 1.54) is 37.0 Å². The number of rotatable bonds is 7. The second kappa shape index (κ2) is 14.8. The summed E-state index contributed by atoms with van der Waals surface area (Å²) in [7, 11) is 3.58. The Morgan fingerprint density at radius 2 is 1.85 bits per heavy atom. The molecule has 1 spiro atoms. The van der Waals surface area contributed by atoms with Gasteiger partial charge in [0.25, 0.3) is 11.8 Å². The van der Waals surface area contributed by atoms with Crippen molar-refractivity contribution in [3.05, 3.63) is 70.5 Å². The van der Waals surface area contributed by atoms with Gasteiger partial charge in [0.15, 0.2) is 0 Å². The number of morpholine rings is 1. The number of fused-ring (bicyclic) bond motifs is 5. The molecule has 2 N–H and O–H groups in total. The summed E-state index contributed by atoms with van der Waals surface area (Å²) in [5.74, 6) is 0.952. The molecule has 1 unspecified atom stereocenters. The molecule has 4 fully saturated rings. The fourth-order valence-electron chi connectivity index (χ4n) is 9.69. The minimum Gasteiger partial charge on any atom is -0.497 e. The number of carbonyl (C=O) groups is 3. The molecule has 2 aromatic carbocycles. The van der Waals surface area contributed by atoms with Gasteiger partial charge in [0.2, 0.25) is 5.91 Å². The van der Waals surface area contributed by atoms with Crippen molar-refractivity contribution in [1.82, 2.24) is 33.6 Å². The molecule has 288 valence electrons. The number of likely N-dealkylation sites (tertiary alicyclic amines) is 1. The molecular weight excluding hydrogens is 715 g/mol. The SMILES string of the molecule is COc1ccc2c(c1)C=C(c1c(C(=O)N3CCCC4(CCNC4=O)C3)cnn1C)Cn1c-2c(C2CCCCC2)c2ccc(C(=O)NSN3CCOCC3)cc21. The number of allylic oxidation sites excluding steroid dienone is 1. The minimum atomic E-state index is -0.521. The van der Waals surface area contributed by atoms with Gasteiger partial charge in [0.05, 0.1) is 55.4 Å². The number of nitrogens with zero attached hydrogens (tertiary/aromatic N) is 5. The number of hydrogen-bond acceptors (Lipinski definition) is 8. The van der Waals surface area contributed by atoms with Gasteiger partial charge in [-0.25, -0.2) is 4.31 Å². The number of aryl methyl sites for hydroxylation is 1. The van der Waals surface area contributed by atoms with E-state index < -0.39 is 5.41 Å². The monoisotopic (exact) mass is 763 g/mol. The first kappa shape index (κ1) is 36.1. The Balaban J connectivity index is 1.16. The third-order valence-electron chi connectivity index (χ3n) is 12.5. The number of ether oxygens (including phenoxy) is 2. The lowest BCUT2D eigenvalue weighted by Crippen LogP contribution is -2.49. The molecule has 6 heterocycles. The van der Waals surface area contributed by atoms with E-state index in [1.54, 1.807) is 18.0 Å². The maximum Gasteiger partial charge on any atom is 0.262 e. The number of aromatic nitrogens is 3. The summed E-state index contributed by atoms with van der Waals surface area (Å²) in [6.45, 7) is 4.95. The number of methoxy groups -OCH3 is 1. The van der Waals surface area contributed by atoms with Gasteiger partial charge < -0.3 is 24.3 Å². The highest BCUT2D eigenvalue weighted by Crippen LogP contribution is 2.48. The van der Waals surface area contributed by atoms with Crippen LogP contribution < -0.4 is 14.8 Å². The number of carbonyl (C=O) groups excluding carboxylic acids is 3. The zero-order chi connectivity index (χ0) is 37.7. The second-order valence-electron chi connectivity index (χ2n) is 15.7. The first-order valence-electron chi connectivity index (χ1n) is 19.8. The summed E-state index contributed by atoms with van der Waals surface area (Å²) in [6.07, 6.45) is 12.1. The molecule has 0 bridgehead atoms. The number of benzene rings is 2. The summed E-state index contributed by atoms with van der Waals surface area (Å²) in [6, 6.07) is 12.4. The first-order valence-corrected chi connectivity index (χ1v) is 20.6. The van der Waals surface area contributed by atoms with Crippen LogP contribution >= 0.6 is 12.1 Å². The quantitative estimate of drug-likeness (QED) is 0.219. The van der Waals surface area contributed by atoms with Crippen molar-refractivity contribution in [1.29, 1.82) is 0 Å². The molecule has 55 heavy (non-hydrogen) atoms. The average molecular weight is 764 g/mol. The Labute approximate surface area is 325 Å². The van der Waals surface area contributed by atoms with E-state index in [4.69, 9.17) is 9.47 Å². The van der Waals surface area contributed by atoms with Gasteiger partial charge in [0.1, 0.15) is 5.75 Å². The van der Waals surface area contributed by atoms with Crippen LogP contribution in [0.1, 0.15) is 94.8 Å². The van der Waals surface area contributed by atoms with Gasteiger partial charge in [-0.1, -0.05) is 25.3 Å². The summed E-state index contributed by atoms with van der Waals surface area (Å²) < 4.78 is 20.6. The Morgan fingerprint density at radius 3 is 2.64 bits per heavy atom. The Morgan fingerprint density at radius 1 is 1.02 bits per heavy atom. The van der Waals surface area contributed by atoms with Gasteiger partial charge in [-0.3, -0.25) is 23.8 Å². The lowest BCUT2D eigenvalue weighted by Gasteiger charge is -2.38. The maximum atomic E-state index is 14.5. The third kappa shape index (κ3) is 6.53. The zero-order valence-electron chi connectivity index (χ0n) is 31.7. The van der Waals surface area contributed by atoms with Crippen LogP contribution in [0.5, 0.6) is 5.75 Å². The average Bonchev–Trinajstić information content (AvgIpc) is 3.84. The van der Waals surface area contributed by atoms with Crippen molar-refractivity contribution in [2.75, 3.05) is 53.0 Å². The second-order valence-corrected chi connectivity index (χ2v) is 16.7. The first-order chi connectivity index (χ1) is 26.8. The lowest BCUT2D eigenvalue weighted by atomic mass is 9.78. The van der Waals surface area contributed by atoms with Crippen molar-refractivity contribution in [3.8, 4) is 17.0 Å². The van der Waals surface area contributed by atoms with E-state index in [0.29, 0.717) is 56.4 Å². The van der Waals surface area contributed by atoms with Crippen molar-refractivity contribution >= 4 is 52.4 Å². The molecule has 4 aromatic rings. The number of nitrogens with one attached hydrogen (secondary N) is 2. The molecule has 3 saturated heterocycles. The summed E-state index contributed by atoms with van der Waals surface area (Å²) in [5, 5.41) is 8.84. The predicted molar refractivity (Wildman–Crippen MR) is 213 cm³/mol. The van der Waals surface area contributed by atoms with Crippen molar-refractivity contribution < 1.29 is 23.9 Å². The fourth-order valence-corrected chi connectivity index (χ4v) is 10.3. The molecule has 2 aromatic heterocycles. The van der Waals surface area contributed by atoms with E-state index in [2.05, 4.69) is 48.3 Å². The molecule has 1 atom stereocenters. The molecule has 1 saturated carbocycles. The van der Waals surface area contributed by atoms with Crippen LogP contribution in [-0.2, 0) is 23.1 Å². The lowest BCUT2D eigenvalue weighted by molar-refractivity contribution is -0.129. The molecule has 13 heteroatoms. The number of amides is 3. The van der Waals surface area contributed by atoms with E-state index >= 15 is 0 Å². The van der Waals surface area contributed by atoms with E-state index in [0.717, 1.165) is 89.9 Å². The van der Waals surface area contributed by atoms with Crippen LogP contribution in [0.2, 0.25) is 0 Å². The fraction of sp³-hybridized carbons (Fsp3) is 0.476. The maximum absolute atomic E-state index is 14.5. The van der Waals surface area contributed by atoms with Crippen molar-refractivity contribution in [2.24, 2.45) is 12.5 Å². The highest BCUT2D eigenvalue weighted by molar-refractivity contribution is 7.95. The van der Waals surface area contributed by atoms with Crippen LogP contribution in [0.3, 0.4) is 0 Å². The Bertz CT molecular complexity index is 2200. The highest BCUT2D eigenvalue weighted by atomic mass is 32.2. The third-order valence-corrected chi connectivity index (χ3v) is 13.4. The normalized spacial score (nSPS) is 21.9. The largest absolute Gasteiger partial charge is 0.497 e. The molecule has 9 rings (SSSR count). The van der Waals surface area contributed by atoms with Crippen molar-refractivity contribution in [3.63, 3.8) is 0 Å². The van der Waals surface area contributed by atoms with Crippen LogP contribution in [0, 0.1) is 5.41 Å². The van der Waals surface area contributed by atoms with Crippen LogP contribution in [0.25, 0.3) is 33.8 Å². The van der Waals surface area contributed by atoms with Gasteiger partial charge in [0, 0.05) is 73.9 Å². The minimum absolute atomic E-state index is 0.0574. The molecule has 5 aliphatic rings. The van der Waals surface area contributed by atoms with Gasteiger partial charge in [-0.15, -0.1) is 0 Å². The molecular formula is C42H49N7O5S. The van der Waals surface area contributed by atoms with Gasteiger partial charge in [-0.2, -0.15) is 5.10 Å². The van der Waals surface area contributed by atoms with Gasteiger partial charge in [-0.05, 0) is 91.1 Å². The smallest absolute Gasteiger partial charge is 0.262 e. The van der Waals surface area contributed by atoms with E-state index in [1.807, 2.05) is 30.1 Å².